The number of esters is 1. The molecule has 0 radical (unpaired) electrons. The maximum absolute atomic E-state index is 12.5. The van der Waals surface area contributed by atoms with Gasteiger partial charge in [0.15, 0.2) is 0 Å². The molecule has 0 saturated carbocycles. The normalized spacial score (nSPS) is 12.8. The first kappa shape index (κ1) is 64.1. The van der Waals surface area contributed by atoms with Crippen molar-refractivity contribution in [2.75, 3.05) is 13.2 Å². The number of carbonyl (C=O) groups excluding carboxylic acids is 2. The average molecular weight is 929 g/mol. The lowest BCUT2D eigenvalue weighted by molar-refractivity contribution is -0.143. The van der Waals surface area contributed by atoms with Gasteiger partial charge in [-0.25, -0.2) is 0 Å². The van der Waals surface area contributed by atoms with E-state index in [1.807, 2.05) is 6.08 Å². The van der Waals surface area contributed by atoms with Gasteiger partial charge in [0.2, 0.25) is 5.91 Å². The van der Waals surface area contributed by atoms with Gasteiger partial charge in [0, 0.05) is 12.8 Å². The highest BCUT2D eigenvalue weighted by Gasteiger charge is 2.18. The van der Waals surface area contributed by atoms with Gasteiger partial charge < -0.3 is 20.3 Å². The Hall–Kier alpha value is -1.92. The quantitative estimate of drug-likeness (QED) is 0.0321. The minimum Gasteiger partial charge on any atom is -0.466 e. The van der Waals surface area contributed by atoms with Crippen molar-refractivity contribution < 1.29 is 24.5 Å². The van der Waals surface area contributed by atoms with Gasteiger partial charge >= 0.3 is 5.97 Å². The molecule has 0 aliphatic carbocycles. The monoisotopic (exact) mass is 928 g/mol. The zero-order chi connectivity index (χ0) is 47.9. The fourth-order valence-corrected chi connectivity index (χ4v) is 8.86. The van der Waals surface area contributed by atoms with E-state index in [2.05, 4.69) is 43.5 Å². The molecule has 2 atom stereocenters. The third kappa shape index (κ3) is 51.5. The Bertz CT molecular complexity index is 1070. The zero-order valence-electron chi connectivity index (χ0n) is 44.2. The number of rotatable bonds is 54. The molecule has 0 aromatic heterocycles. The maximum Gasteiger partial charge on any atom is 0.305 e. The highest BCUT2D eigenvalue weighted by atomic mass is 16.5. The van der Waals surface area contributed by atoms with Crippen LogP contribution in [0.3, 0.4) is 0 Å². The first-order chi connectivity index (χ1) is 32.5. The number of nitrogens with one attached hydrogen (secondary N) is 1. The molecule has 0 rings (SSSR count). The van der Waals surface area contributed by atoms with E-state index in [9.17, 15) is 19.8 Å². The molecule has 2 unspecified atom stereocenters. The Morgan fingerprint density at radius 1 is 0.409 bits per heavy atom. The standard InChI is InChI=1S/C60H113NO5/c1-3-5-7-9-11-13-15-17-19-21-23-25-27-29-34-38-42-46-50-54-60(65)66-55-51-47-43-39-35-31-30-33-37-41-45-49-53-59(64)61-57(56-62)58(63)52-48-44-40-36-32-28-26-24-22-20-18-16-14-12-10-8-6-4-2/h17,19,31,35,48,52,57-58,62-63H,3-16,18,20-30,32-34,36-47,49-51,53-56H2,1-2H3,(H,61,64)/b19-17-,35-31-,52-48+. The van der Waals surface area contributed by atoms with Crippen LogP contribution in [0, 0.1) is 0 Å². The van der Waals surface area contributed by atoms with E-state index in [0.717, 1.165) is 83.5 Å². The molecule has 0 fully saturated rings. The zero-order valence-corrected chi connectivity index (χ0v) is 44.2. The van der Waals surface area contributed by atoms with E-state index < -0.39 is 12.1 Å². The summed E-state index contributed by atoms with van der Waals surface area (Å²) >= 11 is 0. The highest BCUT2D eigenvalue weighted by Crippen LogP contribution is 2.16. The Morgan fingerprint density at radius 3 is 1.08 bits per heavy atom. The van der Waals surface area contributed by atoms with E-state index in [0.29, 0.717) is 19.4 Å². The summed E-state index contributed by atoms with van der Waals surface area (Å²) in [5.74, 6) is -0.117. The largest absolute Gasteiger partial charge is 0.466 e. The van der Waals surface area contributed by atoms with Gasteiger partial charge in [0.25, 0.3) is 0 Å². The number of aliphatic hydroxyl groups excluding tert-OH is 2. The fourth-order valence-electron chi connectivity index (χ4n) is 8.86. The van der Waals surface area contributed by atoms with E-state index in [4.69, 9.17) is 4.74 Å². The maximum atomic E-state index is 12.5. The van der Waals surface area contributed by atoms with E-state index in [-0.39, 0.29) is 18.5 Å². The smallest absolute Gasteiger partial charge is 0.305 e. The molecule has 66 heavy (non-hydrogen) atoms. The van der Waals surface area contributed by atoms with Crippen LogP contribution in [0.4, 0.5) is 0 Å². The van der Waals surface area contributed by atoms with Gasteiger partial charge in [-0.2, -0.15) is 0 Å². The molecule has 0 aromatic carbocycles. The van der Waals surface area contributed by atoms with E-state index in [1.54, 1.807) is 6.08 Å². The van der Waals surface area contributed by atoms with Gasteiger partial charge in [0.1, 0.15) is 0 Å². The SMILES string of the molecule is CCCCCCCC/C=C\CCCCCCCCCCCC(=O)OCCCCC/C=C\CCCCCCCC(=O)NC(CO)C(O)/C=C/CCCCCCCCCCCCCCCCCC. The Labute approximate surface area is 411 Å². The first-order valence-electron chi connectivity index (χ1n) is 29.3. The third-order valence-corrected chi connectivity index (χ3v) is 13.4. The van der Waals surface area contributed by atoms with Crippen LogP contribution in [0.1, 0.15) is 309 Å². The van der Waals surface area contributed by atoms with Crippen LogP contribution >= 0.6 is 0 Å². The van der Waals surface area contributed by atoms with Gasteiger partial charge in [-0.05, 0) is 89.9 Å². The molecule has 0 aliphatic heterocycles. The predicted octanol–water partition coefficient (Wildman–Crippen LogP) is 18.0. The van der Waals surface area contributed by atoms with Crippen molar-refractivity contribution in [3.63, 3.8) is 0 Å². The van der Waals surface area contributed by atoms with Gasteiger partial charge in [0.05, 0.1) is 25.4 Å². The minimum atomic E-state index is -0.861. The number of allylic oxidation sites excluding steroid dienone is 5. The number of unbranched alkanes of at least 4 members (excludes halogenated alkanes) is 39. The molecule has 0 aliphatic rings. The Balaban J connectivity index is 3.52. The average Bonchev–Trinajstić information content (AvgIpc) is 3.32. The first-order valence-corrected chi connectivity index (χ1v) is 29.3. The summed E-state index contributed by atoms with van der Waals surface area (Å²) in [6, 6.07) is -0.647. The number of hydrogen-bond donors (Lipinski definition) is 3. The van der Waals surface area contributed by atoms with Gasteiger partial charge in [-0.15, -0.1) is 0 Å². The highest BCUT2D eigenvalue weighted by molar-refractivity contribution is 5.76. The molecule has 6 nitrogen and oxygen atoms in total. The second-order valence-corrected chi connectivity index (χ2v) is 20.0. The van der Waals surface area contributed by atoms with Crippen LogP contribution in [-0.2, 0) is 14.3 Å². The van der Waals surface area contributed by atoms with Gasteiger partial charge in [-0.3, -0.25) is 9.59 Å². The van der Waals surface area contributed by atoms with Crippen molar-refractivity contribution in [1.82, 2.24) is 5.32 Å². The topological polar surface area (TPSA) is 95.9 Å². The van der Waals surface area contributed by atoms with Crippen molar-refractivity contribution in [2.24, 2.45) is 0 Å². The van der Waals surface area contributed by atoms with E-state index >= 15 is 0 Å². The van der Waals surface area contributed by atoms with Crippen molar-refractivity contribution in [2.45, 2.75) is 321 Å². The van der Waals surface area contributed by atoms with Crippen molar-refractivity contribution in [1.29, 1.82) is 0 Å². The molecule has 1 amide bonds. The molecule has 3 N–H and O–H groups in total. The number of carbonyl (C=O) groups is 2. The van der Waals surface area contributed by atoms with E-state index in [1.165, 1.54) is 199 Å². The number of ether oxygens (including phenoxy) is 1. The lowest BCUT2D eigenvalue weighted by atomic mass is 10.0. The lowest BCUT2D eigenvalue weighted by Crippen LogP contribution is -2.45. The Kier molecular flexibility index (Phi) is 54.1. The number of hydrogen-bond acceptors (Lipinski definition) is 5. The molecule has 0 saturated heterocycles. The van der Waals surface area contributed by atoms with Crippen LogP contribution in [0.5, 0.6) is 0 Å². The fraction of sp³-hybridized carbons (Fsp3) is 0.867. The summed E-state index contributed by atoms with van der Waals surface area (Å²) < 4.78 is 5.46. The van der Waals surface area contributed by atoms with Crippen LogP contribution < -0.4 is 5.32 Å². The summed E-state index contributed by atoms with van der Waals surface area (Å²) in [4.78, 5) is 24.5. The predicted molar refractivity (Wildman–Crippen MR) is 287 cm³/mol. The molecule has 0 bridgehead atoms. The lowest BCUT2D eigenvalue weighted by Gasteiger charge is -2.20. The van der Waals surface area contributed by atoms with Crippen molar-refractivity contribution in [3.05, 3.63) is 36.5 Å². The van der Waals surface area contributed by atoms with Gasteiger partial charge in [-0.1, -0.05) is 243 Å². The number of aliphatic hydroxyl groups is 2. The summed E-state index contributed by atoms with van der Waals surface area (Å²) in [5.41, 5.74) is 0. The Morgan fingerprint density at radius 2 is 0.712 bits per heavy atom. The van der Waals surface area contributed by atoms with Crippen molar-refractivity contribution >= 4 is 11.9 Å². The third-order valence-electron chi connectivity index (χ3n) is 13.4. The molecule has 0 spiro atoms. The number of amides is 1. The van der Waals surface area contributed by atoms with Crippen LogP contribution in [0.2, 0.25) is 0 Å². The van der Waals surface area contributed by atoms with Crippen LogP contribution in [0.15, 0.2) is 36.5 Å². The molecular formula is C60H113NO5. The molecule has 0 heterocycles. The summed E-state index contributed by atoms with van der Waals surface area (Å²) in [6.45, 7) is 4.85. The van der Waals surface area contributed by atoms with Crippen molar-refractivity contribution in [3.8, 4) is 0 Å². The van der Waals surface area contributed by atoms with Crippen LogP contribution in [0.25, 0.3) is 0 Å². The second-order valence-electron chi connectivity index (χ2n) is 20.0. The molecular weight excluding hydrogens is 815 g/mol. The molecule has 6 heteroatoms. The molecule has 0 aromatic rings. The molecule has 388 valence electrons. The second kappa shape index (κ2) is 55.7. The summed E-state index contributed by atoms with van der Waals surface area (Å²) in [7, 11) is 0. The summed E-state index contributed by atoms with van der Waals surface area (Å²) in [6.07, 6.45) is 68.8. The van der Waals surface area contributed by atoms with Crippen LogP contribution in [-0.4, -0.2) is 47.4 Å². The minimum absolute atomic E-state index is 0.0247. The summed E-state index contributed by atoms with van der Waals surface area (Å²) in [5, 5.41) is 23.1.